The van der Waals surface area contributed by atoms with Gasteiger partial charge in [0.2, 0.25) is 0 Å². The summed E-state index contributed by atoms with van der Waals surface area (Å²) in [7, 11) is -3.36. The van der Waals surface area contributed by atoms with E-state index in [0.717, 1.165) is 22.0 Å². The first-order chi connectivity index (χ1) is 13.8. The molecule has 3 aromatic rings. The fraction of sp³-hybridized carbons (Fsp3) is 0.238. The number of anilines is 2. The van der Waals surface area contributed by atoms with E-state index in [1.54, 1.807) is 18.2 Å². The SMILES string of the molecule is Cc1ccc2nc(N3CCS(=O)(=O)c4ccccc4C3)cc(NCC(=O)O)c2c1. The second-order valence-electron chi connectivity index (χ2n) is 7.14. The second-order valence-corrected chi connectivity index (χ2v) is 9.22. The molecule has 0 radical (unpaired) electrons. The van der Waals surface area contributed by atoms with Crippen LogP contribution < -0.4 is 10.2 Å². The first-order valence-corrected chi connectivity index (χ1v) is 10.9. The maximum absolute atomic E-state index is 12.6. The van der Waals surface area contributed by atoms with Crippen LogP contribution in [0.1, 0.15) is 11.1 Å². The standard InChI is InChI=1S/C21H21N3O4S/c1-14-6-7-17-16(10-14)18(22-12-21(25)26)11-20(23-17)24-8-9-29(27,28)19-5-3-2-4-15(19)13-24/h2-7,10-11H,8-9,12-13H2,1H3,(H,22,23)(H,25,26). The van der Waals surface area contributed by atoms with E-state index >= 15 is 0 Å². The Morgan fingerprint density at radius 2 is 2.00 bits per heavy atom. The maximum atomic E-state index is 12.6. The molecule has 1 aromatic heterocycles. The molecule has 8 heteroatoms. The second kappa shape index (κ2) is 7.36. The molecule has 7 nitrogen and oxygen atoms in total. The fourth-order valence-electron chi connectivity index (χ4n) is 3.56. The third-order valence-electron chi connectivity index (χ3n) is 5.00. The summed E-state index contributed by atoms with van der Waals surface area (Å²) in [6.07, 6.45) is 0. The van der Waals surface area contributed by atoms with Crippen molar-refractivity contribution in [2.45, 2.75) is 18.4 Å². The van der Waals surface area contributed by atoms with Crippen LogP contribution in [0.15, 0.2) is 53.4 Å². The molecule has 0 amide bonds. The minimum Gasteiger partial charge on any atom is -0.480 e. The van der Waals surface area contributed by atoms with Gasteiger partial charge in [-0.15, -0.1) is 0 Å². The van der Waals surface area contributed by atoms with Crippen molar-refractivity contribution < 1.29 is 18.3 Å². The number of aryl methyl sites for hydroxylation is 1. The molecule has 2 heterocycles. The molecule has 150 valence electrons. The van der Waals surface area contributed by atoms with Crippen LogP contribution in [0.5, 0.6) is 0 Å². The Balaban J connectivity index is 1.79. The summed E-state index contributed by atoms with van der Waals surface area (Å²) in [5, 5.41) is 12.9. The summed E-state index contributed by atoms with van der Waals surface area (Å²) in [4.78, 5) is 18.1. The van der Waals surface area contributed by atoms with Gasteiger partial charge in [-0.3, -0.25) is 4.79 Å². The highest BCUT2D eigenvalue weighted by molar-refractivity contribution is 7.91. The van der Waals surface area contributed by atoms with E-state index in [0.29, 0.717) is 29.5 Å². The molecule has 0 aliphatic carbocycles. The van der Waals surface area contributed by atoms with Crippen LogP contribution in [0, 0.1) is 6.92 Å². The first-order valence-electron chi connectivity index (χ1n) is 9.26. The van der Waals surface area contributed by atoms with E-state index in [2.05, 4.69) is 5.32 Å². The zero-order chi connectivity index (χ0) is 20.6. The van der Waals surface area contributed by atoms with Crippen LogP contribution in [0.4, 0.5) is 11.5 Å². The van der Waals surface area contributed by atoms with Crippen molar-refractivity contribution in [2.75, 3.05) is 29.1 Å². The molecule has 1 aliphatic rings. The summed E-state index contributed by atoms with van der Waals surface area (Å²) < 4.78 is 25.3. The van der Waals surface area contributed by atoms with Crippen molar-refractivity contribution in [3.05, 3.63) is 59.7 Å². The molecule has 2 N–H and O–H groups in total. The Labute approximate surface area is 168 Å². The average Bonchev–Trinajstić information content (AvgIpc) is 2.82. The van der Waals surface area contributed by atoms with Gasteiger partial charge < -0.3 is 15.3 Å². The van der Waals surface area contributed by atoms with Gasteiger partial charge in [0.25, 0.3) is 0 Å². The summed E-state index contributed by atoms with van der Waals surface area (Å²) >= 11 is 0. The lowest BCUT2D eigenvalue weighted by molar-refractivity contribution is -0.134. The lowest BCUT2D eigenvalue weighted by atomic mass is 10.1. The molecule has 4 rings (SSSR count). The van der Waals surface area contributed by atoms with Gasteiger partial charge in [-0.05, 0) is 30.7 Å². The molecule has 0 atom stereocenters. The van der Waals surface area contributed by atoms with Crippen molar-refractivity contribution in [1.82, 2.24) is 4.98 Å². The van der Waals surface area contributed by atoms with E-state index in [-0.39, 0.29) is 12.3 Å². The number of hydrogen-bond acceptors (Lipinski definition) is 6. The summed E-state index contributed by atoms with van der Waals surface area (Å²) in [5.41, 5.74) is 3.16. The fourth-order valence-corrected chi connectivity index (χ4v) is 5.06. The molecule has 29 heavy (non-hydrogen) atoms. The lowest BCUT2D eigenvalue weighted by Gasteiger charge is -2.23. The van der Waals surface area contributed by atoms with Crippen LogP contribution in [0.2, 0.25) is 0 Å². The quantitative estimate of drug-likeness (QED) is 0.681. The minimum absolute atomic E-state index is 0.00445. The van der Waals surface area contributed by atoms with E-state index in [4.69, 9.17) is 10.1 Å². The number of nitrogens with one attached hydrogen (secondary N) is 1. The van der Waals surface area contributed by atoms with Gasteiger partial charge in [0, 0.05) is 30.2 Å². The Hall–Kier alpha value is -3.13. The molecule has 0 fully saturated rings. The molecular formula is C21H21N3O4S. The molecule has 0 spiro atoms. The summed E-state index contributed by atoms with van der Waals surface area (Å²) in [6, 6.07) is 14.6. The van der Waals surface area contributed by atoms with Gasteiger partial charge in [0.15, 0.2) is 9.84 Å². The molecule has 1 aliphatic heterocycles. The molecule has 0 saturated carbocycles. The monoisotopic (exact) mass is 411 g/mol. The van der Waals surface area contributed by atoms with Crippen molar-refractivity contribution >= 4 is 38.2 Å². The highest BCUT2D eigenvalue weighted by Crippen LogP contribution is 2.31. The lowest BCUT2D eigenvalue weighted by Crippen LogP contribution is -2.26. The number of benzene rings is 2. The smallest absolute Gasteiger partial charge is 0.322 e. The van der Waals surface area contributed by atoms with Crippen LogP contribution >= 0.6 is 0 Å². The molecule has 0 unspecified atom stereocenters. The Morgan fingerprint density at radius 3 is 2.79 bits per heavy atom. The molecular weight excluding hydrogens is 390 g/mol. The van der Waals surface area contributed by atoms with Crippen LogP contribution in [-0.2, 0) is 21.2 Å². The van der Waals surface area contributed by atoms with Gasteiger partial charge >= 0.3 is 5.97 Å². The zero-order valence-corrected chi connectivity index (χ0v) is 16.7. The number of nitrogens with zero attached hydrogens (tertiary/aromatic N) is 2. The third kappa shape index (κ3) is 3.88. The zero-order valence-electron chi connectivity index (χ0n) is 15.9. The molecule has 0 bridgehead atoms. The Kier molecular flexibility index (Phi) is 4.87. The topological polar surface area (TPSA) is 99.6 Å². The highest BCUT2D eigenvalue weighted by atomic mass is 32.2. The van der Waals surface area contributed by atoms with Gasteiger partial charge in [0.1, 0.15) is 12.4 Å². The van der Waals surface area contributed by atoms with Crippen molar-refractivity contribution in [3.8, 4) is 0 Å². The number of rotatable bonds is 4. The predicted octanol–water partition coefficient (Wildman–Crippen LogP) is 2.83. The number of carbonyl (C=O) groups is 1. The van der Waals surface area contributed by atoms with E-state index in [1.807, 2.05) is 42.2 Å². The third-order valence-corrected chi connectivity index (χ3v) is 6.79. The molecule has 2 aromatic carbocycles. The normalized spacial score (nSPS) is 15.6. The number of pyridine rings is 1. The number of sulfone groups is 1. The average molecular weight is 411 g/mol. The van der Waals surface area contributed by atoms with Gasteiger partial charge in [-0.25, -0.2) is 13.4 Å². The van der Waals surface area contributed by atoms with Crippen LogP contribution in [0.25, 0.3) is 10.9 Å². The number of carboxylic acids is 1. The first kappa shape index (κ1) is 19.2. The Morgan fingerprint density at radius 1 is 1.21 bits per heavy atom. The van der Waals surface area contributed by atoms with E-state index in [1.165, 1.54) is 0 Å². The van der Waals surface area contributed by atoms with Gasteiger partial charge in [-0.2, -0.15) is 0 Å². The Bertz CT molecular complexity index is 1210. The van der Waals surface area contributed by atoms with Crippen molar-refractivity contribution in [3.63, 3.8) is 0 Å². The number of aliphatic carboxylic acids is 1. The summed E-state index contributed by atoms with van der Waals surface area (Å²) in [5.74, 6) is -0.352. The number of carboxylic acid groups (broad SMARTS) is 1. The molecule has 0 saturated heterocycles. The summed E-state index contributed by atoms with van der Waals surface area (Å²) in [6.45, 7) is 2.46. The van der Waals surface area contributed by atoms with Crippen molar-refractivity contribution in [1.29, 1.82) is 0 Å². The minimum atomic E-state index is -3.36. The van der Waals surface area contributed by atoms with Crippen LogP contribution in [0.3, 0.4) is 0 Å². The van der Waals surface area contributed by atoms with E-state index in [9.17, 15) is 13.2 Å². The number of hydrogen-bond donors (Lipinski definition) is 2. The largest absolute Gasteiger partial charge is 0.480 e. The van der Waals surface area contributed by atoms with Crippen molar-refractivity contribution in [2.24, 2.45) is 0 Å². The number of fused-ring (bicyclic) bond motifs is 2. The highest BCUT2D eigenvalue weighted by Gasteiger charge is 2.26. The predicted molar refractivity (Wildman–Crippen MR) is 112 cm³/mol. The van der Waals surface area contributed by atoms with E-state index < -0.39 is 15.8 Å². The van der Waals surface area contributed by atoms with Gasteiger partial charge in [-0.1, -0.05) is 29.8 Å². The number of aromatic nitrogens is 1. The maximum Gasteiger partial charge on any atom is 0.322 e. The van der Waals surface area contributed by atoms with Crippen LogP contribution in [-0.4, -0.2) is 43.3 Å². The van der Waals surface area contributed by atoms with Gasteiger partial charge in [0.05, 0.1) is 16.2 Å².